The maximum Gasteiger partial charge on any atom is 0.306 e. The van der Waals surface area contributed by atoms with E-state index in [9.17, 15) is 37.9 Å². The molecule has 0 bridgehead atoms. The second-order valence-corrected chi connectivity index (χ2v) is 15.8. The lowest BCUT2D eigenvalue weighted by Gasteiger charge is -2.40. The van der Waals surface area contributed by atoms with Crippen LogP contribution in [-0.2, 0) is 38.7 Å². The standard InChI is InChI=1S/C38H72O12S/c1-3-5-7-9-11-13-15-17-18-20-22-24-26-33(39)47-28-31(49-34(40)27-25-23-21-19-16-14-12-10-8-6-4-2)29-48-38-37(43)36(42)35(41)32(50-38)30-51(44,45)46/h31-32,35-38,41-43H,3-30H2,1-2H3,(H,44,45,46)/t31-,32-,35-,36?,37?,38+/m1/s1. The Balaban J connectivity index is 2.50. The smallest absolute Gasteiger partial charge is 0.306 e. The molecule has 4 N–H and O–H groups in total. The van der Waals surface area contributed by atoms with Gasteiger partial charge in [-0.1, -0.05) is 149 Å². The third-order valence-corrected chi connectivity index (χ3v) is 10.2. The maximum absolute atomic E-state index is 12.7. The summed E-state index contributed by atoms with van der Waals surface area (Å²) in [6.45, 7) is 3.73. The highest BCUT2D eigenvalue weighted by Crippen LogP contribution is 2.24. The van der Waals surface area contributed by atoms with Crippen LogP contribution in [0.25, 0.3) is 0 Å². The third kappa shape index (κ3) is 25.3. The summed E-state index contributed by atoms with van der Waals surface area (Å²) in [6.07, 6.45) is 17.3. The number of carbonyl (C=O) groups is 2. The number of ether oxygens (including phenoxy) is 4. The zero-order valence-electron chi connectivity index (χ0n) is 31.7. The Bertz CT molecular complexity index is 978. The highest BCUT2D eigenvalue weighted by Gasteiger charge is 2.46. The quantitative estimate of drug-likeness (QED) is 0.0308. The Kier molecular flexibility index (Phi) is 28.1. The van der Waals surface area contributed by atoms with Crippen LogP contribution in [0.3, 0.4) is 0 Å². The van der Waals surface area contributed by atoms with Gasteiger partial charge in [0, 0.05) is 12.8 Å². The minimum atomic E-state index is -4.59. The van der Waals surface area contributed by atoms with Crippen molar-refractivity contribution in [2.45, 2.75) is 211 Å². The lowest BCUT2D eigenvalue weighted by molar-refractivity contribution is -0.297. The number of aliphatic hydroxyl groups excluding tert-OH is 3. The van der Waals surface area contributed by atoms with E-state index in [2.05, 4.69) is 13.8 Å². The fraction of sp³-hybridized carbons (Fsp3) is 0.947. The molecule has 0 aromatic carbocycles. The zero-order valence-corrected chi connectivity index (χ0v) is 32.5. The van der Waals surface area contributed by atoms with Gasteiger partial charge >= 0.3 is 11.9 Å². The van der Waals surface area contributed by atoms with Crippen LogP contribution in [0.5, 0.6) is 0 Å². The predicted molar refractivity (Wildman–Crippen MR) is 197 cm³/mol. The monoisotopic (exact) mass is 752 g/mol. The summed E-state index contributed by atoms with van der Waals surface area (Å²) in [5.74, 6) is -1.97. The van der Waals surface area contributed by atoms with E-state index in [0.717, 1.165) is 38.5 Å². The number of hydrogen-bond donors (Lipinski definition) is 4. The van der Waals surface area contributed by atoms with Crippen LogP contribution in [-0.4, -0.2) is 96.0 Å². The number of hydrogen-bond acceptors (Lipinski definition) is 11. The van der Waals surface area contributed by atoms with Gasteiger partial charge in [0.05, 0.1) is 6.61 Å². The summed E-state index contributed by atoms with van der Waals surface area (Å²) in [4.78, 5) is 25.2. The van der Waals surface area contributed by atoms with Gasteiger partial charge in [-0.25, -0.2) is 0 Å². The van der Waals surface area contributed by atoms with Crippen molar-refractivity contribution in [3.8, 4) is 0 Å². The fourth-order valence-electron chi connectivity index (χ4n) is 6.26. The van der Waals surface area contributed by atoms with Crippen molar-refractivity contribution >= 4 is 22.1 Å². The molecule has 0 radical (unpaired) electrons. The Hall–Kier alpha value is -1.35. The first-order valence-electron chi connectivity index (χ1n) is 20.1. The molecule has 0 aromatic rings. The lowest BCUT2D eigenvalue weighted by atomic mass is 10.00. The highest BCUT2D eigenvalue weighted by atomic mass is 32.2. The molecular formula is C38H72O12S. The van der Waals surface area contributed by atoms with Crippen molar-refractivity contribution in [3.05, 3.63) is 0 Å². The minimum Gasteiger partial charge on any atom is -0.462 e. The van der Waals surface area contributed by atoms with E-state index in [0.29, 0.717) is 12.8 Å². The molecule has 1 saturated heterocycles. The van der Waals surface area contributed by atoms with Gasteiger partial charge < -0.3 is 34.3 Å². The Morgan fingerprint density at radius 1 is 0.588 bits per heavy atom. The van der Waals surface area contributed by atoms with Crippen molar-refractivity contribution < 1.29 is 56.8 Å². The van der Waals surface area contributed by atoms with E-state index in [1.54, 1.807) is 0 Å². The Labute approximate surface area is 308 Å². The molecule has 1 aliphatic heterocycles. The number of unbranched alkanes of at least 4 members (excludes halogenated alkanes) is 21. The van der Waals surface area contributed by atoms with Crippen molar-refractivity contribution in [1.82, 2.24) is 0 Å². The molecule has 51 heavy (non-hydrogen) atoms. The first-order chi connectivity index (χ1) is 24.5. The van der Waals surface area contributed by atoms with Gasteiger partial charge in [-0.15, -0.1) is 0 Å². The van der Waals surface area contributed by atoms with Gasteiger partial charge in [-0.2, -0.15) is 8.42 Å². The zero-order chi connectivity index (χ0) is 37.7. The largest absolute Gasteiger partial charge is 0.462 e. The van der Waals surface area contributed by atoms with E-state index >= 15 is 0 Å². The van der Waals surface area contributed by atoms with Crippen LogP contribution in [0.2, 0.25) is 0 Å². The molecule has 2 unspecified atom stereocenters. The molecule has 0 aliphatic carbocycles. The molecule has 1 heterocycles. The molecular weight excluding hydrogens is 680 g/mol. The number of aliphatic hydroxyl groups is 3. The van der Waals surface area contributed by atoms with Crippen LogP contribution < -0.4 is 0 Å². The van der Waals surface area contributed by atoms with Crippen molar-refractivity contribution in [3.63, 3.8) is 0 Å². The molecule has 1 fully saturated rings. The van der Waals surface area contributed by atoms with Crippen molar-refractivity contribution in [2.75, 3.05) is 19.0 Å². The van der Waals surface area contributed by atoms with Crippen molar-refractivity contribution in [1.29, 1.82) is 0 Å². The molecule has 302 valence electrons. The van der Waals surface area contributed by atoms with Crippen LogP contribution in [0.1, 0.15) is 174 Å². The van der Waals surface area contributed by atoms with Crippen LogP contribution in [0.4, 0.5) is 0 Å². The van der Waals surface area contributed by atoms with Crippen LogP contribution in [0, 0.1) is 0 Å². The average molecular weight is 753 g/mol. The van der Waals surface area contributed by atoms with E-state index in [1.165, 1.54) is 96.3 Å². The summed E-state index contributed by atoms with van der Waals surface area (Å²) in [5.41, 5.74) is 0. The van der Waals surface area contributed by atoms with Crippen LogP contribution in [0.15, 0.2) is 0 Å². The highest BCUT2D eigenvalue weighted by molar-refractivity contribution is 7.85. The summed E-state index contributed by atoms with van der Waals surface area (Å²) in [7, 11) is -4.59. The predicted octanol–water partition coefficient (Wildman–Crippen LogP) is 6.95. The second-order valence-electron chi connectivity index (χ2n) is 14.3. The first kappa shape index (κ1) is 47.7. The Morgan fingerprint density at radius 3 is 1.43 bits per heavy atom. The van der Waals surface area contributed by atoms with Gasteiger partial charge in [0.1, 0.15) is 36.8 Å². The summed E-state index contributed by atoms with van der Waals surface area (Å²) in [6, 6.07) is 0. The van der Waals surface area contributed by atoms with Gasteiger partial charge in [0.25, 0.3) is 10.1 Å². The van der Waals surface area contributed by atoms with Crippen molar-refractivity contribution in [2.24, 2.45) is 0 Å². The lowest BCUT2D eigenvalue weighted by Crippen LogP contribution is -2.60. The molecule has 0 aromatic heterocycles. The molecule has 1 rings (SSSR count). The first-order valence-corrected chi connectivity index (χ1v) is 21.7. The van der Waals surface area contributed by atoms with Gasteiger partial charge in [0.15, 0.2) is 12.4 Å². The number of rotatable bonds is 33. The molecule has 0 saturated carbocycles. The molecule has 0 spiro atoms. The van der Waals surface area contributed by atoms with E-state index in [4.69, 9.17) is 18.9 Å². The van der Waals surface area contributed by atoms with Gasteiger partial charge in [-0.05, 0) is 12.8 Å². The number of carbonyl (C=O) groups excluding carboxylic acids is 2. The fourth-order valence-corrected chi connectivity index (χ4v) is 6.96. The second kappa shape index (κ2) is 30.0. The molecule has 0 amide bonds. The molecule has 13 heteroatoms. The summed E-state index contributed by atoms with van der Waals surface area (Å²) in [5, 5.41) is 30.7. The minimum absolute atomic E-state index is 0.171. The van der Waals surface area contributed by atoms with E-state index in [1.807, 2.05) is 0 Å². The molecule has 12 nitrogen and oxygen atoms in total. The van der Waals surface area contributed by atoms with E-state index in [-0.39, 0.29) is 19.4 Å². The normalized spacial score (nSPS) is 21.4. The third-order valence-electron chi connectivity index (χ3n) is 9.44. The van der Waals surface area contributed by atoms with Crippen LogP contribution >= 0.6 is 0 Å². The maximum atomic E-state index is 12.7. The SMILES string of the molecule is CCCCCCCCCCCCCCC(=O)OC[C@H](CO[C@H]1O[C@H](CS(=O)(=O)O)[C@@H](O)C(O)C1O)OC(=O)CCCCCCCCCCCCC. The topological polar surface area (TPSA) is 186 Å². The molecule has 1 aliphatic rings. The van der Waals surface area contributed by atoms with E-state index < -0.39 is 71.2 Å². The van der Waals surface area contributed by atoms with Gasteiger partial charge in [-0.3, -0.25) is 14.1 Å². The number of esters is 2. The summed E-state index contributed by atoms with van der Waals surface area (Å²) >= 11 is 0. The summed E-state index contributed by atoms with van der Waals surface area (Å²) < 4.78 is 53.8. The van der Waals surface area contributed by atoms with Gasteiger partial charge in [0.2, 0.25) is 0 Å². The average Bonchev–Trinajstić information content (AvgIpc) is 3.09. The molecule has 6 atom stereocenters. The Morgan fingerprint density at radius 2 is 1.00 bits per heavy atom.